The van der Waals surface area contributed by atoms with E-state index in [4.69, 9.17) is 0 Å². The van der Waals surface area contributed by atoms with E-state index in [-0.39, 0.29) is 0 Å². The van der Waals surface area contributed by atoms with Crippen LogP contribution in [0.3, 0.4) is 0 Å². The molecule has 6 nitrogen and oxygen atoms in total. The van der Waals surface area contributed by atoms with Crippen molar-refractivity contribution in [2.45, 2.75) is 33.1 Å². The highest BCUT2D eigenvalue weighted by Gasteiger charge is 2.28. The summed E-state index contributed by atoms with van der Waals surface area (Å²) < 4.78 is 0. The summed E-state index contributed by atoms with van der Waals surface area (Å²) in [7, 11) is 1.85. The predicted octanol–water partition coefficient (Wildman–Crippen LogP) is 2.55. The van der Waals surface area contributed by atoms with E-state index < -0.39 is 0 Å². The summed E-state index contributed by atoms with van der Waals surface area (Å²) in [6, 6.07) is 2.19. The predicted molar refractivity (Wildman–Crippen MR) is 122 cm³/mol. The summed E-state index contributed by atoms with van der Waals surface area (Å²) in [6.45, 7) is 13.7. The van der Waals surface area contributed by atoms with Gasteiger partial charge in [-0.25, -0.2) is 0 Å². The van der Waals surface area contributed by atoms with Crippen LogP contribution in [-0.4, -0.2) is 86.0 Å². The quantitative estimate of drug-likeness (QED) is 0.589. The number of rotatable bonds is 5. The van der Waals surface area contributed by atoms with Crippen LogP contribution in [0.1, 0.15) is 38.7 Å². The summed E-state index contributed by atoms with van der Waals surface area (Å²) in [5.74, 6) is 2.96. The number of carbonyl (C=O) groups is 1. The summed E-state index contributed by atoms with van der Waals surface area (Å²) in [5.41, 5.74) is 1.38. The number of carbonyl (C=O) groups excluding carboxylic acids is 1. The summed E-state index contributed by atoms with van der Waals surface area (Å²) in [5, 5.41) is 7.88. The molecule has 2 aliphatic heterocycles. The minimum atomic E-state index is 0.295. The number of nitrogens with one attached hydrogen (secondary N) is 1. The first-order chi connectivity index (χ1) is 14.0. The zero-order chi connectivity index (χ0) is 20.8. The molecule has 0 spiro atoms. The second kappa shape index (κ2) is 10.4. The Hall–Kier alpha value is -1.60. The molecule has 2 fully saturated rings. The highest BCUT2D eigenvalue weighted by Crippen LogP contribution is 2.21. The zero-order valence-electron chi connectivity index (χ0n) is 18.4. The van der Waals surface area contributed by atoms with Crippen LogP contribution in [0.25, 0.3) is 0 Å². The molecule has 0 radical (unpaired) electrons. The molecule has 162 valence electrons. The number of aliphatic imine (C=N–C) groups is 1. The van der Waals surface area contributed by atoms with Crippen LogP contribution >= 0.6 is 11.3 Å². The van der Waals surface area contributed by atoms with Crippen LogP contribution < -0.4 is 5.32 Å². The number of hydrogen-bond acceptors (Lipinski definition) is 4. The SMILES string of the molecule is CN=C(NCC(C)c1ccsc1)N1CCN(CC(=O)N2CC(C)CC(C)C2)CC1. The molecule has 1 N–H and O–H groups in total. The fourth-order valence-corrected chi connectivity index (χ4v) is 5.31. The Morgan fingerprint density at radius 1 is 1.21 bits per heavy atom. The van der Waals surface area contributed by atoms with E-state index in [1.165, 1.54) is 12.0 Å². The van der Waals surface area contributed by atoms with Gasteiger partial charge < -0.3 is 15.1 Å². The lowest BCUT2D eigenvalue weighted by Gasteiger charge is -2.39. The highest BCUT2D eigenvalue weighted by atomic mass is 32.1. The molecule has 2 saturated heterocycles. The Morgan fingerprint density at radius 2 is 1.90 bits per heavy atom. The lowest BCUT2D eigenvalue weighted by Crippen LogP contribution is -2.55. The third kappa shape index (κ3) is 6.19. The summed E-state index contributed by atoms with van der Waals surface area (Å²) >= 11 is 1.75. The van der Waals surface area contributed by atoms with Crippen molar-refractivity contribution in [2.75, 3.05) is 59.4 Å². The van der Waals surface area contributed by atoms with Crippen LogP contribution in [0, 0.1) is 11.8 Å². The Morgan fingerprint density at radius 3 is 2.48 bits per heavy atom. The van der Waals surface area contributed by atoms with Crippen molar-refractivity contribution >= 4 is 23.2 Å². The second-order valence-corrected chi connectivity index (χ2v) is 9.67. The molecule has 7 heteroatoms. The van der Waals surface area contributed by atoms with Crippen LogP contribution in [0.2, 0.25) is 0 Å². The Labute approximate surface area is 180 Å². The van der Waals surface area contributed by atoms with Crippen molar-refractivity contribution in [3.63, 3.8) is 0 Å². The number of piperazine rings is 1. The molecule has 0 aromatic carbocycles. The third-order valence-corrected chi connectivity index (χ3v) is 6.84. The van der Waals surface area contributed by atoms with E-state index in [0.717, 1.165) is 51.8 Å². The molecular weight excluding hydrogens is 382 g/mol. The largest absolute Gasteiger partial charge is 0.356 e. The fraction of sp³-hybridized carbons (Fsp3) is 0.727. The normalized spacial score (nSPS) is 25.2. The van der Waals surface area contributed by atoms with E-state index in [0.29, 0.717) is 30.2 Å². The van der Waals surface area contributed by atoms with Crippen molar-refractivity contribution in [1.29, 1.82) is 0 Å². The number of piperidine rings is 1. The maximum absolute atomic E-state index is 12.8. The lowest BCUT2D eigenvalue weighted by molar-refractivity contribution is -0.135. The molecule has 3 heterocycles. The minimum absolute atomic E-state index is 0.295. The van der Waals surface area contributed by atoms with E-state index in [1.54, 1.807) is 11.3 Å². The van der Waals surface area contributed by atoms with Crippen molar-refractivity contribution in [1.82, 2.24) is 20.0 Å². The average molecular weight is 420 g/mol. The maximum Gasteiger partial charge on any atom is 0.236 e. The number of nitrogens with zero attached hydrogens (tertiary/aromatic N) is 4. The van der Waals surface area contributed by atoms with Gasteiger partial charge in [-0.2, -0.15) is 11.3 Å². The number of hydrogen-bond donors (Lipinski definition) is 1. The van der Waals surface area contributed by atoms with Gasteiger partial charge in [0.15, 0.2) is 5.96 Å². The molecule has 0 bridgehead atoms. The first kappa shape index (κ1) is 22.1. The molecular formula is C22H37N5OS. The topological polar surface area (TPSA) is 51.2 Å². The number of guanidine groups is 1. The van der Waals surface area contributed by atoms with Crippen molar-refractivity contribution in [2.24, 2.45) is 16.8 Å². The molecule has 1 aromatic rings. The minimum Gasteiger partial charge on any atom is -0.356 e. The molecule has 3 atom stereocenters. The van der Waals surface area contributed by atoms with Gasteiger partial charge in [0.2, 0.25) is 5.91 Å². The lowest BCUT2D eigenvalue weighted by atomic mass is 9.92. The molecule has 3 unspecified atom stereocenters. The van der Waals surface area contributed by atoms with Crippen LogP contribution in [0.15, 0.2) is 21.8 Å². The molecule has 1 amide bonds. The van der Waals surface area contributed by atoms with Crippen molar-refractivity contribution in [3.8, 4) is 0 Å². The van der Waals surface area contributed by atoms with Crippen LogP contribution in [0.5, 0.6) is 0 Å². The summed E-state index contributed by atoms with van der Waals surface area (Å²) in [4.78, 5) is 23.9. The monoisotopic (exact) mass is 419 g/mol. The third-order valence-electron chi connectivity index (χ3n) is 6.14. The van der Waals surface area contributed by atoms with Gasteiger partial charge in [-0.3, -0.25) is 14.7 Å². The fourth-order valence-electron chi connectivity index (χ4n) is 4.53. The smallest absolute Gasteiger partial charge is 0.236 e. The Balaban J connectivity index is 1.42. The number of thiophene rings is 1. The first-order valence-electron chi connectivity index (χ1n) is 10.9. The van der Waals surface area contributed by atoms with Crippen molar-refractivity contribution < 1.29 is 4.79 Å². The van der Waals surface area contributed by atoms with Gasteiger partial charge >= 0.3 is 0 Å². The Bertz CT molecular complexity index is 659. The highest BCUT2D eigenvalue weighted by molar-refractivity contribution is 7.07. The molecule has 1 aromatic heterocycles. The molecule has 2 aliphatic rings. The van der Waals surface area contributed by atoms with Gasteiger partial charge in [0, 0.05) is 52.9 Å². The standard InChI is InChI=1S/C22H37N5OS/c1-17-11-18(2)14-27(13-17)21(28)15-25-6-8-26(9-7-25)22(23-4)24-12-19(3)20-5-10-29-16-20/h5,10,16-19H,6-9,11-15H2,1-4H3,(H,23,24). The van der Waals surface area contributed by atoms with E-state index >= 15 is 0 Å². The second-order valence-electron chi connectivity index (χ2n) is 8.89. The molecule has 29 heavy (non-hydrogen) atoms. The van der Waals surface area contributed by atoms with E-state index in [1.807, 2.05) is 7.05 Å². The first-order valence-corrected chi connectivity index (χ1v) is 11.9. The molecule has 0 saturated carbocycles. The van der Waals surface area contributed by atoms with Gasteiger partial charge in [0.25, 0.3) is 0 Å². The average Bonchev–Trinajstić information content (AvgIpc) is 3.23. The zero-order valence-corrected chi connectivity index (χ0v) is 19.2. The van der Waals surface area contributed by atoms with Gasteiger partial charge in [-0.15, -0.1) is 0 Å². The molecule has 3 rings (SSSR count). The molecule has 0 aliphatic carbocycles. The van der Waals surface area contributed by atoms with Crippen molar-refractivity contribution in [3.05, 3.63) is 22.4 Å². The van der Waals surface area contributed by atoms with Gasteiger partial charge in [-0.1, -0.05) is 20.8 Å². The van der Waals surface area contributed by atoms with Gasteiger partial charge in [-0.05, 0) is 46.6 Å². The van der Waals surface area contributed by atoms with E-state index in [2.05, 4.69) is 62.6 Å². The summed E-state index contributed by atoms with van der Waals surface area (Å²) in [6.07, 6.45) is 1.24. The van der Waals surface area contributed by atoms with E-state index in [9.17, 15) is 4.79 Å². The van der Waals surface area contributed by atoms with Crippen LogP contribution in [0.4, 0.5) is 0 Å². The number of amides is 1. The van der Waals surface area contributed by atoms with Crippen LogP contribution in [-0.2, 0) is 4.79 Å². The van der Waals surface area contributed by atoms with Gasteiger partial charge in [0.05, 0.1) is 6.54 Å². The Kier molecular flexibility index (Phi) is 7.95. The van der Waals surface area contributed by atoms with Gasteiger partial charge in [0.1, 0.15) is 0 Å². The number of likely N-dealkylation sites (tertiary alicyclic amines) is 1. The maximum atomic E-state index is 12.8.